The van der Waals surface area contributed by atoms with Crippen LogP contribution in [0.2, 0.25) is 10.0 Å². The van der Waals surface area contributed by atoms with Gasteiger partial charge in [-0.25, -0.2) is 17.9 Å². The third-order valence-corrected chi connectivity index (χ3v) is 14.4. The van der Waals surface area contributed by atoms with E-state index in [2.05, 4.69) is 82.2 Å². The Bertz CT molecular complexity index is 1690. The molecule has 54 heavy (non-hydrogen) atoms. The molecule has 4 atom stereocenters. The summed E-state index contributed by atoms with van der Waals surface area (Å²) in [7, 11) is -2.22. The van der Waals surface area contributed by atoms with Crippen LogP contribution in [0.15, 0.2) is 97.1 Å². The van der Waals surface area contributed by atoms with Gasteiger partial charge in [0.05, 0.1) is 31.5 Å². The summed E-state index contributed by atoms with van der Waals surface area (Å²) < 4.78 is 32.4. The topological polar surface area (TPSA) is 58.2 Å². The van der Waals surface area contributed by atoms with Crippen LogP contribution in [-0.2, 0) is 22.0 Å². The Morgan fingerprint density at radius 3 is 1.13 bits per heavy atom. The minimum absolute atomic E-state index is 0.0947. The second-order valence-electron chi connectivity index (χ2n) is 16.9. The fraction of sp³-hybridized carbons (Fsp3) is 0.478. The molecule has 2 N–H and O–H groups in total. The molecule has 0 heterocycles. The van der Waals surface area contributed by atoms with E-state index in [4.69, 9.17) is 23.2 Å². The monoisotopic (exact) mass is 806 g/mol. The smallest absolute Gasteiger partial charge is 0.0976 e. The van der Waals surface area contributed by atoms with Crippen molar-refractivity contribution < 1.29 is 8.42 Å². The Kier molecular flexibility index (Phi) is 15.6. The summed E-state index contributed by atoms with van der Waals surface area (Å²) in [5.41, 5.74) is 7.18. The molecule has 0 amide bonds. The maximum Gasteiger partial charge on any atom is 0.0976 e. The molecule has 2 unspecified atom stereocenters. The first kappa shape index (κ1) is 42.8. The van der Waals surface area contributed by atoms with Crippen LogP contribution in [0.1, 0.15) is 129 Å². The van der Waals surface area contributed by atoms with Gasteiger partial charge in [0, 0.05) is 22.1 Å². The highest BCUT2D eigenvalue weighted by Crippen LogP contribution is 2.41. The van der Waals surface area contributed by atoms with E-state index in [1.54, 1.807) is 0 Å². The Labute approximate surface area is 340 Å². The Hall–Kier alpha value is -2.32. The lowest BCUT2D eigenvalue weighted by molar-refractivity contribution is 0.295. The van der Waals surface area contributed by atoms with Crippen LogP contribution < -0.4 is 9.44 Å². The second kappa shape index (κ2) is 19.7. The fourth-order valence-electron chi connectivity index (χ4n) is 7.67. The average molecular weight is 808 g/mol. The highest BCUT2D eigenvalue weighted by atomic mass is 35.5. The normalized spacial score (nSPS) is 18.2. The van der Waals surface area contributed by atoms with Gasteiger partial charge in [0.2, 0.25) is 0 Å². The predicted octanol–water partition coefficient (Wildman–Crippen LogP) is 13.4. The summed E-state index contributed by atoms with van der Waals surface area (Å²) in [6, 6.07) is 33.2. The highest BCUT2D eigenvalue weighted by Gasteiger charge is 2.33. The van der Waals surface area contributed by atoms with Gasteiger partial charge in [-0.05, 0) is 137 Å². The molecule has 2 fully saturated rings. The van der Waals surface area contributed by atoms with Gasteiger partial charge < -0.3 is 0 Å². The van der Waals surface area contributed by atoms with Crippen LogP contribution >= 0.6 is 23.2 Å². The lowest BCUT2D eigenvalue weighted by Gasteiger charge is -2.34. The SMILES string of the molecule is CC(C)(C)S(=O)N[C@@H](c1ccccc1-c1ccc(Cl)cc1)C1CCCCC1.CC(C)(C)S(=O)N[C@H](c1ccccc1-c1ccc(Cl)cc1)C1CCCCC1. The largest absolute Gasteiger partial charge is 0.242 e. The van der Waals surface area contributed by atoms with Crippen molar-refractivity contribution >= 4 is 45.2 Å². The number of rotatable bonds is 10. The van der Waals surface area contributed by atoms with E-state index in [1.165, 1.54) is 86.5 Å². The zero-order chi connectivity index (χ0) is 38.9. The molecule has 0 aliphatic heterocycles. The third kappa shape index (κ3) is 11.8. The van der Waals surface area contributed by atoms with Gasteiger partial charge in [-0.3, -0.25) is 0 Å². The van der Waals surface area contributed by atoms with Gasteiger partial charge in [-0.1, -0.05) is 135 Å². The zero-order valence-corrected chi connectivity index (χ0v) is 36.2. The van der Waals surface area contributed by atoms with Crippen molar-refractivity contribution in [1.29, 1.82) is 0 Å². The molecule has 4 nitrogen and oxygen atoms in total. The molecule has 0 radical (unpaired) electrons. The Morgan fingerprint density at radius 1 is 0.500 bits per heavy atom. The van der Waals surface area contributed by atoms with Crippen molar-refractivity contribution in [2.75, 3.05) is 0 Å². The van der Waals surface area contributed by atoms with Crippen molar-refractivity contribution in [2.24, 2.45) is 11.8 Å². The Morgan fingerprint density at radius 2 is 0.815 bits per heavy atom. The number of nitrogens with one attached hydrogen (secondary N) is 2. The molecule has 0 bridgehead atoms. The third-order valence-electron chi connectivity index (χ3n) is 10.7. The lowest BCUT2D eigenvalue weighted by atomic mass is 9.80. The quantitative estimate of drug-likeness (QED) is 0.168. The minimum Gasteiger partial charge on any atom is -0.242 e. The molecular weight excluding hydrogens is 748 g/mol. The fourth-order valence-corrected chi connectivity index (χ4v) is 9.73. The van der Waals surface area contributed by atoms with E-state index in [0.29, 0.717) is 11.8 Å². The van der Waals surface area contributed by atoms with E-state index in [1.807, 2.05) is 65.8 Å². The summed E-state index contributed by atoms with van der Waals surface area (Å²) in [5.74, 6) is 1.03. The van der Waals surface area contributed by atoms with Crippen LogP contribution in [0.3, 0.4) is 0 Å². The molecule has 2 aliphatic carbocycles. The zero-order valence-electron chi connectivity index (χ0n) is 33.0. The molecule has 0 saturated heterocycles. The molecule has 0 spiro atoms. The van der Waals surface area contributed by atoms with Gasteiger partial charge in [-0.2, -0.15) is 0 Å². The second-order valence-corrected chi connectivity index (χ2v) is 21.8. The Balaban J connectivity index is 0.000000208. The maximum atomic E-state index is 13.0. The first-order valence-electron chi connectivity index (χ1n) is 19.8. The van der Waals surface area contributed by atoms with Crippen LogP contribution in [0.4, 0.5) is 0 Å². The van der Waals surface area contributed by atoms with E-state index in [0.717, 1.165) is 21.2 Å². The molecule has 4 aromatic carbocycles. The molecule has 2 aliphatic rings. The minimum atomic E-state index is -1.11. The summed E-state index contributed by atoms with van der Waals surface area (Å²) in [5, 5.41) is 1.49. The number of hydrogen-bond acceptors (Lipinski definition) is 2. The van der Waals surface area contributed by atoms with Crippen LogP contribution in [-0.4, -0.2) is 17.9 Å². The van der Waals surface area contributed by atoms with Crippen LogP contribution in [0, 0.1) is 11.8 Å². The van der Waals surface area contributed by atoms with Crippen molar-refractivity contribution in [3.63, 3.8) is 0 Å². The number of halogens is 2. The highest BCUT2D eigenvalue weighted by molar-refractivity contribution is 7.84. The molecule has 292 valence electrons. The van der Waals surface area contributed by atoms with Crippen molar-refractivity contribution in [3.05, 3.63) is 118 Å². The average Bonchev–Trinajstić information content (AvgIpc) is 3.17. The van der Waals surface area contributed by atoms with E-state index in [9.17, 15) is 8.42 Å². The molecule has 6 rings (SSSR count). The van der Waals surface area contributed by atoms with Crippen molar-refractivity contribution in [1.82, 2.24) is 9.44 Å². The van der Waals surface area contributed by atoms with Crippen molar-refractivity contribution in [2.45, 2.75) is 127 Å². The van der Waals surface area contributed by atoms with E-state index >= 15 is 0 Å². The van der Waals surface area contributed by atoms with Crippen molar-refractivity contribution in [3.8, 4) is 22.3 Å². The van der Waals surface area contributed by atoms with Gasteiger partial charge >= 0.3 is 0 Å². The van der Waals surface area contributed by atoms with Gasteiger partial charge in [0.1, 0.15) is 0 Å². The summed E-state index contributed by atoms with van der Waals surface area (Å²) in [6.07, 6.45) is 12.4. The predicted molar refractivity (Wildman–Crippen MR) is 234 cm³/mol. The van der Waals surface area contributed by atoms with Gasteiger partial charge in [-0.15, -0.1) is 0 Å². The van der Waals surface area contributed by atoms with Gasteiger partial charge in [0.15, 0.2) is 0 Å². The molecule has 0 aromatic heterocycles. The van der Waals surface area contributed by atoms with E-state index in [-0.39, 0.29) is 21.6 Å². The summed E-state index contributed by atoms with van der Waals surface area (Å²) in [4.78, 5) is 0. The standard InChI is InChI=1S/2C23H30ClNOS/c2*1-23(2,3)27(26)25-22(18-9-5-4-6-10-18)21-12-8-7-11-20(21)17-13-15-19(24)16-14-17/h2*7-8,11-16,18,22,25H,4-6,9-10H2,1-3H3/t2*22-,27?/m10/s1. The summed E-state index contributed by atoms with van der Waals surface area (Å²) >= 11 is 12.2. The first-order chi connectivity index (χ1) is 25.7. The van der Waals surface area contributed by atoms with Gasteiger partial charge in [0.25, 0.3) is 0 Å². The molecule has 4 aromatic rings. The van der Waals surface area contributed by atoms with Crippen LogP contribution in [0.5, 0.6) is 0 Å². The number of benzene rings is 4. The lowest BCUT2D eigenvalue weighted by Crippen LogP contribution is -2.39. The molecular formula is C46H60Cl2N2O2S2. The summed E-state index contributed by atoms with van der Waals surface area (Å²) in [6.45, 7) is 12.2. The maximum absolute atomic E-state index is 13.0. The first-order valence-corrected chi connectivity index (χ1v) is 22.8. The van der Waals surface area contributed by atoms with Crippen LogP contribution in [0.25, 0.3) is 22.3 Å². The molecule has 8 heteroatoms. The number of hydrogen-bond donors (Lipinski definition) is 2. The molecule has 2 saturated carbocycles. The van der Waals surface area contributed by atoms with E-state index < -0.39 is 22.0 Å².